The van der Waals surface area contributed by atoms with E-state index in [2.05, 4.69) is 19.1 Å². The van der Waals surface area contributed by atoms with Gasteiger partial charge in [-0.15, -0.1) is 0 Å². The van der Waals surface area contributed by atoms with Crippen molar-refractivity contribution >= 4 is 17.9 Å². The molecule has 0 aromatic carbocycles. The zero-order chi connectivity index (χ0) is 26.0. The van der Waals surface area contributed by atoms with E-state index in [0.29, 0.717) is 6.42 Å². The van der Waals surface area contributed by atoms with Gasteiger partial charge in [-0.25, -0.2) is 14.4 Å². The van der Waals surface area contributed by atoms with Crippen molar-refractivity contribution in [2.24, 2.45) is 0 Å². The second-order valence-electron chi connectivity index (χ2n) is 9.72. The number of nitrogens with zero attached hydrogens (tertiary/aromatic N) is 1. The fourth-order valence-electron chi connectivity index (χ4n) is 4.96. The van der Waals surface area contributed by atoms with Crippen molar-refractivity contribution in [1.29, 1.82) is 0 Å². The van der Waals surface area contributed by atoms with Crippen LogP contribution in [0.15, 0.2) is 12.2 Å². The second kappa shape index (κ2) is 18.4. The predicted molar refractivity (Wildman–Crippen MR) is 136 cm³/mol. The molecular formula is C27H50NO6+. The SMILES string of the molecule is C/C=C/CCCCCCCCCCCCCCC[N+](C(C)C(=O)O)(C(C)C(=O)O)C(C)C(=O)O. The highest BCUT2D eigenvalue weighted by molar-refractivity contribution is 5.77. The molecule has 0 rings (SSSR count). The molecule has 0 aliphatic rings. The molecule has 3 N–H and O–H groups in total. The van der Waals surface area contributed by atoms with Crippen LogP contribution in [0.3, 0.4) is 0 Å². The third-order valence-corrected chi connectivity index (χ3v) is 7.39. The number of hydrogen-bond acceptors (Lipinski definition) is 3. The Morgan fingerprint density at radius 3 is 1.18 bits per heavy atom. The maximum Gasteiger partial charge on any atom is 0.362 e. The number of carbonyl (C=O) groups is 3. The number of aliphatic carboxylic acids is 3. The van der Waals surface area contributed by atoms with Gasteiger partial charge in [-0.05, 0) is 53.4 Å². The van der Waals surface area contributed by atoms with Crippen LogP contribution < -0.4 is 0 Å². The first-order valence-electron chi connectivity index (χ1n) is 13.3. The summed E-state index contributed by atoms with van der Waals surface area (Å²) >= 11 is 0. The monoisotopic (exact) mass is 484 g/mol. The molecule has 0 heterocycles. The lowest BCUT2D eigenvalue weighted by molar-refractivity contribution is -0.968. The minimum Gasteiger partial charge on any atom is -0.477 e. The van der Waals surface area contributed by atoms with Crippen LogP contribution in [-0.2, 0) is 14.4 Å². The van der Waals surface area contributed by atoms with Crippen LogP contribution in [-0.4, -0.2) is 62.4 Å². The summed E-state index contributed by atoms with van der Waals surface area (Å²) in [5, 5.41) is 28.8. The van der Waals surface area contributed by atoms with Gasteiger partial charge in [-0.3, -0.25) is 4.48 Å². The van der Waals surface area contributed by atoms with Gasteiger partial charge in [0.05, 0.1) is 6.54 Å². The molecule has 7 nitrogen and oxygen atoms in total. The Morgan fingerprint density at radius 2 is 0.882 bits per heavy atom. The fraction of sp³-hybridized carbons (Fsp3) is 0.815. The summed E-state index contributed by atoms with van der Waals surface area (Å²) in [6.07, 6.45) is 20.7. The van der Waals surface area contributed by atoms with Crippen LogP contribution in [0.25, 0.3) is 0 Å². The Balaban J connectivity index is 4.30. The highest BCUT2D eigenvalue weighted by Crippen LogP contribution is 2.27. The number of unbranched alkanes of at least 4 members (excludes halogenated alkanes) is 13. The zero-order valence-corrected chi connectivity index (χ0v) is 22.0. The molecule has 198 valence electrons. The molecule has 0 bridgehead atoms. The number of rotatable bonds is 22. The van der Waals surface area contributed by atoms with Crippen LogP contribution in [0.4, 0.5) is 0 Å². The summed E-state index contributed by atoms with van der Waals surface area (Å²) < 4.78 is -0.477. The number of carboxylic acids is 3. The lowest BCUT2D eigenvalue weighted by Crippen LogP contribution is -2.70. The summed E-state index contributed by atoms with van der Waals surface area (Å²) in [5.74, 6) is -3.51. The molecular weight excluding hydrogens is 434 g/mol. The van der Waals surface area contributed by atoms with E-state index in [-0.39, 0.29) is 6.54 Å². The van der Waals surface area contributed by atoms with E-state index in [4.69, 9.17) is 0 Å². The molecule has 0 amide bonds. The molecule has 0 aromatic rings. The van der Waals surface area contributed by atoms with Gasteiger partial charge in [-0.2, -0.15) is 0 Å². The quantitative estimate of drug-likeness (QED) is 0.0950. The Hall–Kier alpha value is -1.89. The summed E-state index contributed by atoms with van der Waals surface area (Å²) in [4.78, 5) is 35.3. The topological polar surface area (TPSA) is 112 Å². The van der Waals surface area contributed by atoms with E-state index in [1.807, 2.05) is 0 Å². The minimum atomic E-state index is -1.17. The van der Waals surface area contributed by atoms with Gasteiger partial charge in [-0.1, -0.05) is 76.4 Å². The Kier molecular flexibility index (Phi) is 17.4. The highest BCUT2D eigenvalue weighted by atomic mass is 16.4. The smallest absolute Gasteiger partial charge is 0.362 e. The first-order chi connectivity index (χ1) is 16.1. The second-order valence-corrected chi connectivity index (χ2v) is 9.72. The van der Waals surface area contributed by atoms with Crippen molar-refractivity contribution in [1.82, 2.24) is 0 Å². The van der Waals surface area contributed by atoms with Gasteiger partial charge < -0.3 is 15.3 Å². The Morgan fingerprint density at radius 1 is 0.588 bits per heavy atom. The van der Waals surface area contributed by atoms with Crippen molar-refractivity contribution in [3.63, 3.8) is 0 Å². The van der Waals surface area contributed by atoms with Crippen molar-refractivity contribution in [3.05, 3.63) is 12.2 Å². The van der Waals surface area contributed by atoms with Crippen LogP contribution in [0.1, 0.15) is 118 Å². The third-order valence-electron chi connectivity index (χ3n) is 7.39. The maximum absolute atomic E-state index is 11.8. The van der Waals surface area contributed by atoms with Crippen LogP contribution >= 0.6 is 0 Å². The van der Waals surface area contributed by atoms with Crippen molar-refractivity contribution < 1.29 is 34.2 Å². The summed E-state index contributed by atoms with van der Waals surface area (Å²) in [6, 6.07) is -3.36. The minimum absolute atomic E-state index is 0.225. The first-order valence-corrected chi connectivity index (χ1v) is 13.3. The van der Waals surface area contributed by atoms with Crippen LogP contribution in [0.5, 0.6) is 0 Å². The molecule has 34 heavy (non-hydrogen) atoms. The molecule has 3 unspecified atom stereocenters. The Labute approximate surface area is 206 Å². The average molecular weight is 485 g/mol. The average Bonchev–Trinajstić information content (AvgIpc) is 2.80. The lowest BCUT2D eigenvalue weighted by Gasteiger charge is -2.47. The van der Waals surface area contributed by atoms with E-state index in [9.17, 15) is 29.7 Å². The summed E-state index contributed by atoms with van der Waals surface area (Å²) in [6.45, 7) is 6.56. The molecule has 0 aromatic heterocycles. The maximum atomic E-state index is 11.8. The number of allylic oxidation sites excluding steroid dienone is 2. The molecule has 0 radical (unpaired) electrons. The largest absolute Gasteiger partial charge is 0.477 e. The standard InChI is InChI=1S/C27H49NO6/c1-5-6-7-8-9-10-11-12-13-14-15-16-17-18-19-20-21-28(22(2)25(29)30,23(3)26(31)32)24(4)27(33)34/h5-6,22-24H,7-21H2,1-4H3,(H2-,29,30,31,32,33,34)/p+1/b6-5+. The van der Waals surface area contributed by atoms with Gasteiger partial charge in [0.15, 0.2) is 18.1 Å². The van der Waals surface area contributed by atoms with Crippen LogP contribution in [0, 0.1) is 0 Å². The van der Waals surface area contributed by atoms with E-state index in [1.165, 1.54) is 85.0 Å². The van der Waals surface area contributed by atoms with Crippen molar-refractivity contribution in [2.75, 3.05) is 6.54 Å². The van der Waals surface area contributed by atoms with E-state index < -0.39 is 40.5 Å². The molecule has 7 heteroatoms. The fourth-order valence-corrected chi connectivity index (χ4v) is 4.96. The van der Waals surface area contributed by atoms with Gasteiger partial charge in [0.25, 0.3) is 0 Å². The Bertz CT molecular complexity index is 568. The molecule has 3 atom stereocenters. The highest BCUT2D eigenvalue weighted by Gasteiger charge is 2.52. The van der Waals surface area contributed by atoms with E-state index in [1.54, 1.807) is 0 Å². The summed E-state index contributed by atoms with van der Waals surface area (Å²) in [5.41, 5.74) is 0. The summed E-state index contributed by atoms with van der Waals surface area (Å²) in [7, 11) is 0. The van der Waals surface area contributed by atoms with E-state index >= 15 is 0 Å². The normalized spacial score (nSPS) is 16.1. The lowest BCUT2D eigenvalue weighted by atomic mass is 10.00. The van der Waals surface area contributed by atoms with Crippen molar-refractivity contribution in [3.8, 4) is 0 Å². The molecule has 0 saturated carbocycles. The van der Waals surface area contributed by atoms with Gasteiger partial charge in [0.2, 0.25) is 0 Å². The number of quaternary nitrogens is 1. The third kappa shape index (κ3) is 11.5. The molecule has 0 spiro atoms. The van der Waals surface area contributed by atoms with Crippen LogP contribution in [0.2, 0.25) is 0 Å². The molecule has 0 aliphatic heterocycles. The van der Waals surface area contributed by atoms with Gasteiger partial charge in [0, 0.05) is 0 Å². The number of carboxylic acid groups (broad SMARTS) is 3. The first kappa shape index (κ1) is 32.1. The van der Waals surface area contributed by atoms with E-state index in [0.717, 1.165) is 19.3 Å². The van der Waals surface area contributed by atoms with Gasteiger partial charge >= 0.3 is 17.9 Å². The molecule has 0 aliphatic carbocycles. The predicted octanol–water partition coefficient (Wildman–Crippen LogP) is 6.26. The van der Waals surface area contributed by atoms with Crippen molar-refractivity contribution in [2.45, 2.75) is 136 Å². The van der Waals surface area contributed by atoms with Gasteiger partial charge in [0.1, 0.15) is 0 Å². The molecule has 0 saturated heterocycles. The number of hydrogen-bond donors (Lipinski definition) is 3. The molecule has 0 fully saturated rings. The zero-order valence-electron chi connectivity index (χ0n) is 22.0.